The Balaban J connectivity index is 2.45. The number of hydrogen-bond acceptors (Lipinski definition) is 5. The second-order valence-electron chi connectivity index (χ2n) is 2.30. The smallest absolute Gasteiger partial charge is 0.261 e. The van der Waals surface area contributed by atoms with Crippen LogP contribution in [0.25, 0.3) is 0 Å². The molecule has 1 aromatic rings. The van der Waals surface area contributed by atoms with Crippen LogP contribution in [0.1, 0.15) is 5.56 Å². The van der Waals surface area contributed by atoms with E-state index in [1.54, 1.807) is 6.20 Å². The van der Waals surface area contributed by atoms with E-state index in [9.17, 15) is 0 Å². The van der Waals surface area contributed by atoms with Crippen LogP contribution in [-0.4, -0.2) is 21.7 Å². The van der Waals surface area contributed by atoms with Gasteiger partial charge in [-0.25, -0.2) is 4.98 Å². The molecule has 4 nitrogen and oxygen atoms in total. The zero-order valence-corrected chi connectivity index (χ0v) is 6.97. The maximum atomic E-state index is 5.21. The topological polar surface area (TPSA) is 47.4 Å². The highest BCUT2D eigenvalue weighted by molar-refractivity contribution is 7.78. The molecular formula is C7H5N3OS. The van der Waals surface area contributed by atoms with Crippen molar-refractivity contribution in [1.82, 2.24) is 9.97 Å². The van der Waals surface area contributed by atoms with Gasteiger partial charge in [0.2, 0.25) is 5.88 Å². The summed E-state index contributed by atoms with van der Waals surface area (Å²) in [6.45, 7) is 0.675. The van der Waals surface area contributed by atoms with E-state index in [-0.39, 0.29) is 0 Å². The summed E-state index contributed by atoms with van der Waals surface area (Å²) in [7, 11) is 0. The van der Waals surface area contributed by atoms with E-state index in [4.69, 9.17) is 4.74 Å². The van der Waals surface area contributed by atoms with Gasteiger partial charge in [-0.15, -0.1) is 0 Å². The Labute approximate surface area is 74.3 Å². The van der Waals surface area contributed by atoms with Crippen LogP contribution in [0, 0.1) is 0 Å². The minimum atomic E-state index is 0.311. The fraction of sp³-hybridized carbons (Fsp3) is 0.286. The van der Waals surface area contributed by atoms with E-state index in [1.165, 1.54) is 0 Å². The molecule has 1 aliphatic heterocycles. The molecule has 0 saturated heterocycles. The molecule has 0 saturated carbocycles. The molecule has 5 heteroatoms. The standard InChI is InChI=1S/C7H5N3OS/c12-4-9-7-8-3-5-1-2-11-6(5)10-7/h3H,1-2H2. The summed E-state index contributed by atoms with van der Waals surface area (Å²) >= 11 is 4.42. The molecule has 0 fully saturated rings. The van der Waals surface area contributed by atoms with Gasteiger partial charge in [-0.2, -0.15) is 9.98 Å². The average Bonchev–Trinajstić information content (AvgIpc) is 2.51. The van der Waals surface area contributed by atoms with Crippen LogP contribution in [0.5, 0.6) is 5.88 Å². The van der Waals surface area contributed by atoms with Crippen molar-refractivity contribution >= 4 is 23.3 Å². The van der Waals surface area contributed by atoms with Gasteiger partial charge in [-0.05, 0) is 12.2 Å². The Morgan fingerprint density at radius 2 is 2.58 bits per heavy atom. The third-order valence-electron chi connectivity index (χ3n) is 1.57. The molecule has 12 heavy (non-hydrogen) atoms. The van der Waals surface area contributed by atoms with E-state index in [0.717, 1.165) is 12.0 Å². The lowest BCUT2D eigenvalue weighted by Gasteiger charge is -1.95. The molecule has 1 aliphatic rings. The summed E-state index contributed by atoms with van der Waals surface area (Å²) in [5.41, 5.74) is 1.03. The second-order valence-corrected chi connectivity index (χ2v) is 2.48. The van der Waals surface area contributed by atoms with Gasteiger partial charge >= 0.3 is 0 Å². The summed E-state index contributed by atoms with van der Waals surface area (Å²) < 4.78 is 5.21. The van der Waals surface area contributed by atoms with Crippen LogP contribution in [0.3, 0.4) is 0 Å². The van der Waals surface area contributed by atoms with Crippen LogP contribution in [0.4, 0.5) is 5.95 Å². The summed E-state index contributed by atoms with van der Waals surface area (Å²) in [6, 6.07) is 0. The van der Waals surface area contributed by atoms with Crippen LogP contribution in [0.15, 0.2) is 11.2 Å². The first kappa shape index (κ1) is 7.34. The summed E-state index contributed by atoms with van der Waals surface area (Å²) in [6.07, 6.45) is 2.58. The Hall–Kier alpha value is -1.32. The van der Waals surface area contributed by atoms with E-state index in [0.29, 0.717) is 18.4 Å². The van der Waals surface area contributed by atoms with Gasteiger partial charge in [0.15, 0.2) is 0 Å². The lowest BCUT2D eigenvalue weighted by Crippen LogP contribution is -1.88. The number of ether oxygens (including phenoxy) is 1. The molecule has 0 unspecified atom stereocenters. The summed E-state index contributed by atoms with van der Waals surface area (Å²) in [5, 5.41) is 2.20. The first-order valence-corrected chi connectivity index (χ1v) is 3.87. The predicted octanol–water partition coefficient (Wildman–Crippen LogP) is 1.15. The Morgan fingerprint density at radius 1 is 1.67 bits per heavy atom. The molecule has 0 bridgehead atoms. The fourth-order valence-corrected chi connectivity index (χ4v) is 1.11. The van der Waals surface area contributed by atoms with Crippen molar-refractivity contribution in [3.8, 4) is 5.88 Å². The van der Waals surface area contributed by atoms with E-state index < -0.39 is 0 Å². The highest BCUT2D eigenvalue weighted by Gasteiger charge is 2.14. The van der Waals surface area contributed by atoms with Gasteiger partial charge in [0.25, 0.3) is 5.95 Å². The zero-order valence-electron chi connectivity index (χ0n) is 6.15. The molecular weight excluding hydrogens is 174 g/mol. The molecule has 0 aliphatic carbocycles. The lowest BCUT2D eigenvalue weighted by molar-refractivity contribution is 0.345. The van der Waals surface area contributed by atoms with Crippen LogP contribution >= 0.6 is 12.2 Å². The van der Waals surface area contributed by atoms with Crippen LogP contribution in [-0.2, 0) is 6.42 Å². The molecule has 2 heterocycles. The van der Waals surface area contributed by atoms with Crippen molar-refractivity contribution in [3.05, 3.63) is 11.8 Å². The monoisotopic (exact) mass is 179 g/mol. The van der Waals surface area contributed by atoms with Gasteiger partial charge in [-0.1, -0.05) is 0 Å². The van der Waals surface area contributed by atoms with Gasteiger partial charge in [0.1, 0.15) is 0 Å². The molecule has 0 aromatic carbocycles. The molecule has 0 radical (unpaired) electrons. The van der Waals surface area contributed by atoms with Crippen molar-refractivity contribution in [2.45, 2.75) is 6.42 Å². The summed E-state index contributed by atoms with van der Waals surface area (Å²) in [4.78, 5) is 11.6. The first-order valence-electron chi connectivity index (χ1n) is 3.47. The van der Waals surface area contributed by atoms with Gasteiger partial charge in [0, 0.05) is 18.2 Å². The zero-order chi connectivity index (χ0) is 8.39. The molecule has 2 rings (SSSR count). The molecule has 0 N–H and O–H groups in total. The van der Waals surface area contributed by atoms with Gasteiger partial charge in [0.05, 0.1) is 11.8 Å². The Morgan fingerprint density at radius 3 is 3.42 bits per heavy atom. The molecule has 0 amide bonds. The highest BCUT2D eigenvalue weighted by Crippen LogP contribution is 2.22. The maximum Gasteiger partial charge on any atom is 0.261 e. The van der Waals surface area contributed by atoms with Crippen molar-refractivity contribution in [2.75, 3.05) is 6.61 Å². The van der Waals surface area contributed by atoms with Crippen molar-refractivity contribution in [3.63, 3.8) is 0 Å². The number of rotatable bonds is 1. The number of thiocarbonyl (C=S) groups is 1. The van der Waals surface area contributed by atoms with Gasteiger partial charge < -0.3 is 4.74 Å². The number of nitrogens with zero attached hydrogens (tertiary/aromatic N) is 3. The average molecular weight is 179 g/mol. The van der Waals surface area contributed by atoms with Crippen LogP contribution < -0.4 is 4.74 Å². The van der Waals surface area contributed by atoms with Crippen molar-refractivity contribution < 1.29 is 4.74 Å². The first-order chi connectivity index (χ1) is 5.90. The van der Waals surface area contributed by atoms with E-state index in [1.807, 2.05) is 0 Å². The Bertz CT molecular complexity index is 360. The molecule has 60 valence electrons. The SMILES string of the molecule is S=C=Nc1ncc2c(n1)OCC2. The molecule has 1 aromatic heterocycles. The second kappa shape index (κ2) is 2.97. The molecule has 0 atom stereocenters. The quantitative estimate of drug-likeness (QED) is 0.479. The third kappa shape index (κ3) is 1.20. The van der Waals surface area contributed by atoms with E-state index >= 15 is 0 Å². The lowest BCUT2D eigenvalue weighted by atomic mass is 10.3. The number of fused-ring (bicyclic) bond motifs is 1. The third-order valence-corrected chi connectivity index (χ3v) is 1.66. The minimum absolute atomic E-state index is 0.311. The fourth-order valence-electron chi connectivity index (χ4n) is 1.03. The summed E-state index contributed by atoms with van der Waals surface area (Å²) in [5.74, 6) is 0.930. The van der Waals surface area contributed by atoms with E-state index in [2.05, 4.69) is 32.3 Å². The number of isothiocyanates is 1. The van der Waals surface area contributed by atoms with Crippen molar-refractivity contribution in [2.24, 2.45) is 4.99 Å². The van der Waals surface area contributed by atoms with Gasteiger partial charge in [-0.3, -0.25) is 0 Å². The largest absolute Gasteiger partial charge is 0.477 e. The Kier molecular flexibility index (Phi) is 1.81. The normalized spacial score (nSPS) is 13.0. The number of aliphatic imine (C=N–C) groups is 1. The highest BCUT2D eigenvalue weighted by atomic mass is 32.1. The maximum absolute atomic E-state index is 5.21. The number of aromatic nitrogens is 2. The molecule has 0 spiro atoms. The minimum Gasteiger partial charge on any atom is -0.477 e. The van der Waals surface area contributed by atoms with Crippen LogP contribution in [0.2, 0.25) is 0 Å². The van der Waals surface area contributed by atoms with Crippen molar-refractivity contribution in [1.29, 1.82) is 0 Å². The number of hydrogen-bond donors (Lipinski definition) is 0. The predicted molar refractivity (Wildman–Crippen MR) is 45.9 cm³/mol.